The molecule has 1 heterocycles. The molecule has 0 aromatic carbocycles. The molecule has 0 radical (unpaired) electrons. The van der Waals surface area contributed by atoms with Crippen molar-refractivity contribution in [2.24, 2.45) is 11.8 Å². The summed E-state index contributed by atoms with van der Waals surface area (Å²) in [4.78, 5) is 24.4. The van der Waals surface area contributed by atoms with Crippen molar-refractivity contribution in [3.05, 3.63) is 0 Å². The van der Waals surface area contributed by atoms with Crippen LogP contribution in [0.1, 0.15) is 26.7 Å². The molecule has 5 heteroatoms. The molecule has 0 unspecified atom stereocenters. The molecule has 1 rings (SSSR count). The van der Waals surface area contributed by atoms with Crippen molar-refractivity contribution < 1.29 is 19.1 Å². The number of hydrogen-bond acceptors (Lipinski definition) is 4. The molecule has 0 aromatic heterocycles. The molecule has 0 aromatic rings. The normalized spacial score (nSPS) is 24.3. The lowest BCUT2D eigenvalue weighted by Crippen LogP contribution is -2.43. The van der Waals surface area contributed by atoms with E-state index in [-0.39, 0.29) is 12.1 Å². The van der Waals surface area contributed by atoms with Crippen LogP contribution in [-0.4, -0.2) is 43.8 Å². The van der Waals surface area contributed by atoms with Gasteiger partial charge in [0, 0.05) is 19.5 Å². The lowest BCUT2D eigenvalue weighted by molar-refractivity contribution is -0.145. The highest BCUT2D eigenvalue weighted by Gasteiger charge is 2.30. The van der Waals surface area contributed by atoms with Crippen LogP contribution >= 0.6 is 0 Å². The van der Waals surface area contributed by atoms with E-state index in [1.807, 2.05) is 0 Å². The van der Waals surface area contributed by atoms with E-state index in [1.54, 1.807) is 11.8 Å². The zero-order valence-corrected chi connectivity index (χ0v) is 10.8. The molecule has 17 heavy (non-hydrogen) atoms. The van der Waals surface area contributed by atoms with E-state index in [0.29, 0.717) is 38.0 Å². The van der Waals surface area contributed by atoms with Gasteiger partial charge in [-0.25, -0.2) is 4.79 Å². The minimum Gasteiger partial charge on any atom is -0.466 e. The topological polar surface area (TPSA) is 55.8 Å². The molecule has 0 saturated carbocycles. The molecule has 0 bridgehead atoms. The van der Waals surface area contributed by atoms with Crippen LogP contribution in [0.3, 0.4) is 0 Å². The molecule has 0 aliphatic carbocycles. The number of methoxy groups -OCH3 is 1. The maximum absolute atomic E-state index is 11.4. The predicted molar refractivity (Wildman–Crippen MR) is 62.5 cm³/mol. The number of ether oxygens (including phenoxy) is 2. The number of carbonyl (C=O) groups is 2. The SMILES string of the molecule is CCOC(=O)C[C@@H]1CCN(C(=O)OC)C[C@@H]1C. The molecule has 1 saturated heterocycles. The summed E-state index contributed by atoms with van der Waals surface area (Å²) in [7, 11) is 1.39. The zero-order chi connectivity index (χ0) is 12.8. The first kappa shape index (κ1) is 13.8. The van der Waals surface area contributed by atoms with Gasteiger partial charge in [-0.15, -0.1) is 0 Å². The fraction of sp³-hybridized carbons (Fsp3) is 0.833. The summed E-state index contributed by atoms with van der Waals surface area (Å²) in [5, 5.41) is 0. The fourth-order valence-electron chi connectivity index (χ4n) is 2.23. The Morgan fingerprint density at radius 3 is 2.65 bits per heavy atom. The van der Waals surface area contributed by atoms with Gasteiger partial charge in [0.15, 0.2) is 0 Å². The second-order valence-electron chi connectivity index (χ2n) is 4.45. The quantitative estimate of drug-likeness (QED) is 0.707. The van der Waals surface area contributed by atoms with Crippen LogP contribution in [0.25, 0.3) is 0 Å². The highest BCUT2D eigenvalue weighted by Crippen LogP contribution is 2.26. The average Bonchev–Trinajstić information content (AvgIpc) is 2.31. The molecule has 0 N–H and O–H groups in total. The Bertz CT molecular complexity index is 280. The largest absolute Gasteiger partial charge is 0.466 e. The number of likely N-dealkylation sites (tertiary alicyclic amines) is 1. The van der Waals surface area contributed by atoms with Crippen LogP contribution in [0.2, 0.25) is 0 Å². The Kier molecular flexibility index (Phi) is 5.25. The number of nitrogens with zero attached hydrogens (tertiary/aromatic N) is 1. The van der Waals surface area contributed by atoms with Gasteiger partial charge in [0.2, 0.25) is 0 Å². The van der Waals surface area contributed by atoms with Gasteiger partial charge in [-0.1, -0.05) is 6.92 Å². The van der Waals surface area contributed by atoms with Gasteiger partial charge in [-0.3, -0.25) is 4.79 Å². The molecule has 0 spiro atoms. The Hall–Kier alpha value is -1.26. The summed E-state index contributed by atoms with van der Waals surface area (Å²) in [6.07, 6.45) is 0.991. The van der Waals surface area contributed by atoms with E-state index in [0.717, 1.165) is 6.42 Å². The van der Waals surface area contributed by atoms with Gasteiger partial charge < -0.3 is 14.4 Å². The minimum atomic E-state index is -0.286. The number of rotatable bonds is 3. The van der Waals surface area contributed by atoms with Crippen LogP contribution in [0.5, 0.6) is 0 Å². The Morgan fingerprint density at radius 1 is 1.41 bits per heavy atom. The molecule has 2 atom stereocenters. The van der Waals surface area contributed by atoms with Crippen molar-refractivity contribution in [3.8, 4) is 0 Å². The van der Waals surface area contributed by atoms with Crippen LogP contribution in [-0.2, 0) is 14.3 Å². The van der Waals surface area contributed by atoms with Crippen LogP contribution in [0.15, 0.2) is 0 Å². The molecular formula is C12H21NO4. The number of esters is 1. The van der Waals surface area contributed by atoms with Gasteiger partial charge in [0.25, 0.3) is 0 Å². The molecule has 98 valence electrons. The van der Waals surface area contributed by atoms with Crippen molar-refractivity contribution >= 4 is 12.1 Å². The summed E-state index contributed by atoms with van der Waals surface area (Å²) in [6.45, 7) is 5.59. The van der Waals surface area contributed by atoms with Gasteiger partial charge in [-0.05, 0) is 25.2 Å². The summed E-state index contributed by atoms with van der Waals surface area (Å²) in [5.74, 6) is 0.457. The third-order valence-corrected chi connectivity index (χ3v) is 3.25. The second kappa shape index (κ2) is 6.47. The number of carbonyl (C=O) groups excluding carboxylic acids is 2. The molecule has 1 fully saturated rings. The Balaban J connectivity index is 2.42. The number of piperidine rings is 1. The van der Waals surface area contributed by atoms with Crippen LogP contribution in [0.4, 0.5) is 4.79 Å². The van der Waals surface area contributed by atoms with Gasteiger partial charge >= 0.3 is 12.1 Å². The van der Waals surface area contributed by atoms with Crippen molar-refractivity contribution in [1.29, 1.82) is 0 Å². The average molecular weight is 243 g/mol. The summed E-state index contributed by atoms with van der Waals surface area (Å²) in [5.41, 5.74) is 0. The number of hydrogen-bond donors (Lipinski definition) is 0. The maximum atomic E-state index is 11.4. The van der Waals surface area contributed by atoms with E-state index in [1.165, 1.54) is 7.11 Å². The molecule has 1 aliphatic rings. The summed E-state index contributed by atoms with van der Waals surface area (Å²) >= 11 is 0. The zero-order valence-electron chi connectivity index (χ0n) is 10.8. The van der Waals surface area contributed by atoms with E-state index < -0.39 is 0 Å². The monoisotopic (exact) mass is 243 g/mol. The first-order valence-corrected chi connectivity index (χ1v) is 6.07. The predicted octanol–water partition coefficient (Wildman–Crippen LogP) is 1.66. The molecule has 1 amide bonds. The van der Waals surface area contributed by atoms with Gasteiger partial charge in [-0.2, -0.15) is 0 Å². The van der Waals surface area contributed by atoms with Crippen molar-refractivity contribution in [2.75, 3.05) is 26.8 Å². The van der Waals surface area contributed by atoms with E-state index in [2.05, 4.69) is 11.7 Å². The third-order valence-electron chi connectivity index (χ3n) is 3.25. The standard InChI is InChI=1S/C12H21NO4/c1-4-17-11(14)7-10-5-6-13(8-9(10)2)12(15)16-3/h9-10H,4-8H2,1-3H3/t9-,10-/m0/s1. The Morgan fingerprint density at radius 2 is 2.12 bits per heavy atom. The fourth-order valence-corrected chi connectivity index (χ4v) is 2.23. The lowest BCUT2D eigenvalue weighted by Gasteiger charge is -2.35. The second-order valence-corrected chi connectivity index (χ2v) is 4.45. The highest BCUT2D eigenvalue weighted by molar-refractivity contribution is 5.70. The molecular weight excluding hydrogens is 222 g/mol. The summed E-state index contributed by atoms with van der Waals surface area (Å²) < 4.78 is 9.63. The Labute approximate surface area is 102 Å². The van der Waals surface area contributed by atoms with E-state index in [4.69, 9.17) is 4.74 Å². The molecule has 1 aliphatic heterocycles. The van der Waals surface area contributed by atoms with Crippen LogP contribution < -0.4 is 0 Å². The molecule has 5 nitrogen and oxygen atoms in total. The first-order valence-electron chi connectivity index (χ1n) is 6.07. The van der Waals surface area contributed by atoms with Gasteiger partial charge in [0.1, 0.15) is 0 Å². The maximum Gasteiger partial charge on any atom is 0.409 e. The minimum absolute atomic E-state index is 0.143. The first-order chi connectivity index (χ1) is 8.08. The van der Waals surface area contributed by atoms with E-state index in [9.17, 15) is 9.59 Å². The van der Waals surface area contributed by atoms with Crippen molar-refractivity contribution in [1.82, 2.24) is 4.90 Å². The van der Waals surface area contributed by atoms with Crippen LogP contribution in [0, 0.1) is 11.8 Å². The van der Waals surface area contributed by atoms with Crippen molar-refractivity contribution in [2.45, 2.75) is 26.7 Å². The highest BCUT2D eigenvalue weighted by atomic mass is 16.5. The van der Waals surface area contributed by atoms with Crippen molar-refractivity contribution in [3.63, 3.8) is 0 Å². The number of amides is 1. The lowest BCUT2D eigenvalue weighted by atomic mass is 9.84. The summed E-state index contributed by atoms with van der Waals surface area (Å²) in [6, 6.07) is 0. The smallest absolute Gasteiger partial charge is 0.409 e. The third kappa shape index (κ3) is 3.91. The van der Waals surface area contributed by atoms with Gasteiger partial charge in [0.05, 0.1) is 13.7 Å². The van der Waals surface area contributed by atoms with E-state index >= 15 is 0 Å².